The van der Waals surface area contributed by atoms with Gasteiger partial charge in [0.25, 0.3) is 0 Å². The molecule has 2 heterocycles. The van der Waals surface area contributed by atoms with Crippen molar-refractivity contribution in [2.24, 2.45) is 0 Å². The van der Waals surface area contributed by atoms with Crippen LogP contribution in [-0.2, 0) is 9.31 Å². The second kappa shape index (κ2) is 7.53. The van der Waals surface area contributed by atoms with E-state index in [4.69, 9.17) is 14.0 Å². The highest BCUT2D eigenvalue weighted by atomic mass is 16.7. The fraction of sp³-hybridized carbons (Fsp3) is 0.257. The molecule has 2 aliphatic carbocycles. The van der Waals surface area contributed by atoms with Crippen molar-refractivity contribution in [1.82, 2.24) is 0 Å². The number of hydrogen-bond acceptors (Lipinski definition) is 3. The van der Waals surface area contributed by atoms with Crippen molar-refractivity contribution in [3.8, 4) is 39.1 Å². The Morgan fingerprint density at radius 2 is 1.33 bits per heavy atom. The van der Waals surface area contributed by atoms with E-state index in [1.807, 2.05) is 0 Å². The largest absolute Gasteiger partial charge is 0.495 e. The van der Waals surface area contributed by atoms with Gasteiger partial charge in [0.15, 0.2) is 0 Å². The molecule has 0 aromatic heterocycles. The van der Waals surface area contributed by atoms with Gasteiger partial charge < -0.3 is 14.0 Å². The average Bonchev–Trinajstić information content (AvgIpc) is 3.48. The molecule has 1 fully saturated rings. The number of rotatable bonds is 2. The summed E-state index contributed by atoms with van der Waals surface area (Å²) in [5.41, 5.74) is 9.83. The van der Waals surface area contributed by atoms with Crippen LogP contribution in [0.4, 0.5) is 0 Å². The van der Waals surface area contributed by atoms with Crippen LogP contribution in [0.1, 0.15) is 46.6 Å². The monoisotopic (exact) mass is 510 g/mol. The van der Waals surface area contributed by atoms with Gasteiger partial charge in [0.1, 0.15) is 11.4 Å². The van der Waals surface area contributed by atoms with E-state index < -0.39 is 23.9 Å². The van der Waals surface area contributed by atoms with E-state index in [2.05, 4.69) is 120 Å². The molecule has 1 saturated heterocycles. The highest BCUT2D eigenvalue weighted by Crippen LogP contribution is 2.54. The Balaban J connectivity index is 1.30. The normalized spacial score (nSPS) is 23.2. The van der Waals surface area contributed by atoms with Gasteiger partial charge in [-0.3, -0.25) is 0 Å². The van der Waals surface area contributed by atoms with Crippen LogP contribution in [0.2, 0.25) is 0 Å². The first-order valence-electron chi connectivity index (χ1n) is 13.9. The summed E-state index contributed by atoms with van der Waals surface area (Å²) in [7, 11) is -0.436. The van der Waals surface area contributed by atoms with Crippen molar-refractivity contribution in [1.29, 1.82) is 0 Å². The van der Waals surface area contributed by atoms with Gasteiger partial charge in [-0.25, -0.2) is 0 Å². The third kappa shape index (κ3) is 3.07. The summed E-state index contributed by atoms with van der Waals surface area (Å²) in [6, 6.07) is 26.7. The molecule has 4 aliphatic rings. The fourth-order valence-corrected chi connectivity index (χ4v) is 6.89. The molecular formula is C35H31BO3. The van der Waals surface area contributed by atoms with Gasteiger partial charge >= 0.3 is 7.12 Å². The lowest BCUT2D eigenvalue weighted by Gasteiger charge is -2.32. The first-order valence-corrected chi connectivity index (χ1v) is 13.9. The molecule has 8 rings (SSSR count). The van der Waals surface area contributed by atoms with Crippen LogP contribution in [0.25, 0.3) is 49.7 Å². The molecule has 3 nitrogen and oxygen atoms in total. The van der Waals surface area contributed by atoms with Crippen molar-refractivity contribution in [2.75, 3.05) is 0 Å². The van der Waals surface area contributed by atoms with Crippen molar-refractivity contribution < 1.29 is 14.0 Å². The minimum Gasteiger partial charge on any atom is -0.482 e. The fourth-order valence-electron chi connectivity index (χ4n) is 6.89. The Hall–Kier alpha value is -3.60. The van der Waals surface area contributed by atoms with Crippen LogP contribution in [0.5, 0.6) is 5.75 Å². The van der Waals surface area contributed by atoms with Crippen LogP contribution in [-0.4, -0.2) is 23.9 Å². The molecule has 2 aliphatic heterocycles. The maximum absolute atomic E-state index is 6.64. The van der Waals surface area contributed by atoms with Gasteiger partial charge in [-0.2, -0.15) is 0 Å². The molecule has 39 heavy (non-hydrogen) atoms. The summed E-state index contributed by atoms with van der Waals surface area (Å²) in [5.74, 6) is 0.923. The topological polar surface area (TPSA) is 27.7 Å². The van der Waals surface area contributed by atoms with Gasteiger partial charge in [-0.05, 0) is 96.4 Å². The minimum atomic E-state index is -0.446. The molecule has 1 atom stereocenters. The van der Waals surface area contributed by atoms with E-state index in [1.54, 1.807) is 0 Å². The van der Waals surface area contributed by atoms with E-state index in [1.165, 1.54) is 49.7 Å². The number of benzene rings is 4. The van der Waals surface area contributed by atoms with E-state index in [0.29, 0.717) is 0 Å². The molecular weight excluding hydrogens is 479 g/mol. The third-order valence-corrected chi connectivity index (χ3v) is 9.57. The Morgan fingerprint density at radius 1 is 0.667 bits per heavy atom. The Kier molecular flexibility index (Phi) is 4.50. The van der Waals surface area contributed by atoms with Gasteiger partial charge in [0.05, 0.1) is 11.2 Å². The predicted octanol–water partition coefficient (Wildman–Crippen LogP) is 8.65. The maximum Gasteiger partial charge on any atom is 0.495 e. The Morgan fingerprint density at radius 3 is 2.08 bits per heavy atom. The molecule has 0 saturated carbocycles. The summed E-state index contributed by atoms with van der Waals surface area (Å²) in [4.78, 5) is 0. The second-order valence-corrected chi connectivity index (χ2v) is 12.5. The number of fused-ring (bicyclic) bond motifs is 6. The molecule has 0 amide bonds. The molecule has 0 N–H and O–H groups in total. The molecule has 0 spiro atoms. The maximum atomic E-state index is 6.64. The van der Waals surface area contributed by atoms with Crippen molar-refractivity contribution in [2.45, 2.75) is 57.8 Å². The SMILES string of the molecule is CC12CC=CC(B3OC(C)(C)C(C)(C)O3)=C1c1cc(-c3ccc4c5c(cccc35)-c3ccccc3-4)ccc1O2. The Labute approximate surface area is 230 Å². The van der Waals surface area contributed by atoms with Crippen LogP contribution >= 0.6 is 0 Å². The van der Waals surface area contributed by atoms with E-state index in [-0.39, 0.29) is 0 Å². The van der Waals surface area contributed by atoms with E-state index in [9.17, 15) is 0 Å². The van der Waals surface area contributed by atoms with Crippen molar-refractivity contribution >= 4 is 23.5 Å². The first-order chi connectivity index (χ1) is 18.7. The summed E-state index contributed by atoms with van der Waals surface area (Å²) < 4.78 is 19.7. The second-order valence-electron chi connectivity index (χ2n) is 12.5. The van der Waals surface area contributed by atoms with Crippen LogP contribution in [0, 0.1) is 0 Å². The standard InChI is InChI=1S/C35H31BO3/c1-33(2)34(3,4)39-36(38-33)29-14-9-19-35(5)32(29)28-20-21(15-18-30(28)37-35)22-16-17-27-24-11-7-6-10-23(24)26-13-8-12-25(22)31(26)27/h6-18,20H,19H2,1-5H3. The smallest absolute Gasteiger partial charge is 0.482 e. The zero-order chi connectivity index (χ0) is 26.7. The number of allylic oxidation sites excluding steroid dienone is 2. The van der Waals surface area contributed by atoms with Gasteiger partial charge in [-0.15, -0.1) is 0 Å². The highest BCUT2D eigenvalue weighted by molar-refractivity contribution is 6.57. The van der Waals surface area contributed by atoms with Gasteiger partial charge in [0.2, 0.25) is 0 Å². The average molecular weight is 510 g/mol. The predicted molar refractivity (Wildman–Crippen MR) is 160 cm³/mol. The van der Waals surface area contributed by atoms with Crippen LogP contribution in [0.3, 0.4) is 0 Å². The van der Waals surface area contributed by atoms with Crippen LogP contribution in [0.15, 0.2) is 90.4 Å². The van der Waals surface area contributed by atoms with Crippen molar-refractivity contribution in [3.63, 3.8) is 0 Å². The minimum absolute atomic E-state index is 0.404. The zero-order valence-corrected chi connectivity index (χ0v) is 23.1. The number of ether oxygens (including phenoxy) is 1. The zero-order valence-electron chi connectivity index (χ0n) is 23.1. The molecule has 1 unspecified atom stereocenters. The summed E-state index contributed by atoms with van der Waals surface area (Å²) in [6.07, 6.45) is 5.19. The van der Waals surface area contributed by atoms with E-state index >= 15 is 0 Å². The third-order valence-electron chi connectivity index (χ3n) is 9.57. The molecule has 0 radical (unpaired) electrons. The molecule has 4 aromatic rings. The van der Waals surface area contributed by atoms with Crippen molar-refractivity contribution in [3.05, 3.63) is 96.0 Å². The lowest BCUT2D eigenvalue weighted by Crippen LogP contribution is -2.41. The van der Waals surface area contributed by atoms with Gasteiger partial charge in [-0.1, -0.05) is 72.8 Å². The molecule has 0 bridgehead atoms. The number of hydrogen-bond donors (Lipinski definition) is 0. The van der Waals surface area contributed by atoms with Gasteiger partial charge in [0, 0.05) is 17.6 Å². The summed E-state index contributed by atoms with van der Waals surface area (Å²) in [5, 5.41) is 2.63. The first kappa shape index (κ1) is 23.3. The molecule has 192 valence electrons. The Bertz CT molecular complexity index is 1750. The lowest BCUT2D eigenvalue weighted by molar-refractivity contribution is 0.00578. The quantitative estimate of drug-likeness (QED) is 0.223. The highest BCUT2D eigenvalue weighted by Gasteiger charge is 2.55. The summed E-state index contributed by atoms with van der Waals surface area (Å²) >= 11 is 0. The lowest BCUT2D eigenvalue weighted by atomic mass is 9.67. The summed E-state index contributed by atoms with van der Waals surface area (Å²) in [6.45, 7) is 10.6. The molecule has 4 heteroatoms. The van der Waals surface area contributed by atoms with E-state index in [0.717, 1.165) is 23.2 Å². The van der Waals surface area contributed by atoms with Crippen LogP contribution < -0.4 is 4.74 Å². The molecule has 4 aromatic carbocycles.